The van der Waals surface area contributed by atoms with E-state index in [1.165, 1.54) is 0 Å². The van der Waals surface area contributed by atoms with Crippen molar-refractivity contribution in [2.75, 3.05) is 12.8 Å². The molecule has 3 rings (SSSR count). The minimum Gasteiger partial charge on any atom is -0.494 e. The Bertz CT molecular complexity index is 712. The minimum atomic E-state index is 0.623. The van der Waals surface area contributed by atoms with Crippen LogP contribution in [0.1, 0.15) is 5.76 Å². The number of hydrogen-bond donors (Lipinski definition) is 2. The molecule has 2 aromatic heterocycles. The number of aromatic amines is 1. The lowest BCUT2D eigenvalue weighted by Crippen LogP contribution is -1.91. The monoisotopic (exact) mass is 243 g/mol. The molecule has 0 saturated heterocycles. The van der Waals surface area contributed by atoms with Crippen LogP contribution in [-0.4, -0.2) is 17.3 Å². The van der Waals surface area contributed by atoms with Gasteiger partial charge < -0.3 is 20.0 Å². The van der Waals surface area contributed by atoms with E-state index in [1.807, 2.05) is 25.1 Å². The number of rotatable bonds is 2. The number of benzene rings is 1. The number of aryl methyl sites for hydroxylation is 1. The van der Waals surface area contributed by atoms with Crippen LogP contribution in [0.2, 0.25) is 0 Å². The van der Waals surface area contributed by atoms with Gasteiger partial charge in [0.05, 0.1) is 30.3 Å². The number of fused-ring (bicyclic) bond motifs is 1. The Hall–Kier alpha value is -2.43. The highest BCUT2D eigenvalue weighted by Gasteiger charge is 2.13. The Morgan fingerprint density at radius 2 is 2.22 bits per heavy atom. The average molecular weight is 243 g/mol. The van der Waals surface area contributed by atoms with E-state index in [-0.39, 0.29) is 0 Å². The van der Waals surface area contributed by atoms with Gasteiger partial charge in [-0.25, -0.2) is 0 Å². The number of nitrogens with two attached hydrogens (primary N) is 1. The van der Waals surface area contributed by atoms with Gasteiger partial charge in [0.1, 0.15) is 5.76 Å². The van der Waals surface area contributed by atoms with Crippen LogP contribution in [0.15, 0.2) is 28.9 Å². The van der Waals surface area contributed by atoms with Crippen LogP contribution in [0, 0.1) is 6.92 Å². The third kappa shape index (κ3) is 1.44. The highest BCUT2D eigenvalue weighted by Crippen LogP contribution is 2.35. The number of hydrogen-bond acceptors (Lipinski definition) is 4. The molecule has 2 heterocycles. The normalized spacial score (nSPS) is 11.0. The van der Waals surface area contributed by atoms with Crippen LogP contribution < -0.4 is 10.5 Å². The van der Waals surface area contributed by atoms with Gasteiger partial charge in [-0.1, -0.05) is 5.16 Å². The predicted molar refractivity (Wildman–Crippen MR) is 69.5 cm³/mol. The highest BCUT2D eigenvalue weighted by molar-refractivity contribution is 5.94. The van der Waals surface area contributed by atoms with Crippen molar-refractivity contribution in [3.63, 3.8) is 0 Å². The molecule has 0 fully saturated rings. The molecule has 0 bridgehead atoms. The van der Waals surface area contributed by atoms with E-state index in [0.29, 0.717) is 11.4 Å². The first kappa shape index (κ1) is 10.7. The van der Waals surface area contributed by atoms with Crippen molar-refractivity contribution in [1.29, 1.82) is 0 Å². The minimum absolute atomic E-state index is 0.623. The first-order valence-corrected chi connectivity index (χ1v) is 5.57. The van der Waals surface area contributed by atoms with E-state index < -0.39 is 0 Å². The maximum absolute atomic E-state index is 5.89. The average Bonchev–Trinajstić information content (AvgIpc) is 2.94. The zero-order valence-electron chi connectivity index (χ0n) is 10.2. The van der Waals surface area contributed by atoms with Crippen molar-refractivity contribution in [2.45, 2.75) is 6.92 Å². The summed E-state index contributed by atoms with van der Waals surface area (Å²) in [5, 5.41) is 4.73. The van der Waals surface area contributed by atoms with Gasteiger partial charge >= 0.3 is 0 Å². The van der Waals surface area contributed by atoms with E-state index in [9.17, 15) is 0 Å². The van der Waals surface area contributed by atoms with E-state index in [1.54, 1.807) is 13.3 Å². The first-order chi connectivity index (χ1) is 8.70. The van der Waals surface area contributed by atoms with Gasteiger partial charge in [0.15, 0.2) is 5.75 Å². The molecule has 5 heteroatoms. The first-order valence-electron chi connectivity index (χ1n) is 5.57. The fourth-order valence-corrected chi connectivity index (χ4v) is 2.12. The molecule has 5 nitrogen and oxygen atoms in total. The van der Waals surface area contributed by atoms with Crippen molar-refractivity contribution in [3.05, 3.63) is 30.2 Å². The summed E-state index contributed by atoms with van der Waals surface area (Å²) in [4.78, 5) is 3.31. The molecule has 3 aromatic rings. The van der Waals surface area contributed by atoms with E-state index >= 15 is 0 Å². The molecular formula is C13H13N3O2. The second-order valence-electron chi connectivity index (χ2n) is 4.13. The van der Waals surface area contributed by atoms with Gasteiger partial charge in [-0.15, -0.1) is 0 Å². The van der Waals surface area contributed by atoms with Crippen LogP contribution in [0.4, 0.5) is 5.69 Å². The van der Waals surface area contributed by atoms with Gasteiger partial charge in [0.25, 0.3) is 0 Å². The summed E-state index contributed by atoms with van der Waals surface area (Å²) in [7, 11) is 1.61. The molecule has 1 aromatic carbocycles. The Labute approximate surface area is 104 Å². The number of H-pyrrole nitrogens is 1. The number of anilines is 1. The molecule has 0 saturated carbocycles. The third-order valence-corrected chi connectivity index (χ3v) is 3.03. The van der Waals surface area contributed by atoms with Crippen LogP contribution in [0.25, 0.3) is 22.2 Å². The van der Waals surface area contributed by atoms with Crippen LogP contribution in [0.5, 0.6) is 5.75 Å². The summed E-state index contributed by atoms with van der Waals surface area (Å²) < 4.78 is 10.4. The molecule has 0 unspecified atom stereocenters. The number of nitrogens with one attached hydrogen (secondary N) is 1. The smallest absolute Gasteiger partial charge is 0.151 e. The summed E-state index contributed by atoms with van der Waals surface area (Å²) in [5.74, 6) is 1.46. The summed E-state index contributed by atoms with van der Waals surface area (Å²) in [6.07, 6.45) is 1.69. The standard InChI is InChI=1S/C13H13N3O2/c1-7-9(6-15-18-7)12-5-8-11(16-12)4-3-10(14)13(8)17-2/h3-6,16H,14H2,1-2H3. The molecular weight excluding hydrogens is 230 g/mol. The van der Waals surface area contributed by atoms with Crippen molar-refractivity contribution in [1.82, 2.24) is 10.1 Å². The van der Waals surface area contributed by atoms with Crippen molar-refractivity contribution in [3.8, 4) is 17.0 Å². The molecule has 0 atom stereocenters. The largest absolute Gasteiger partial charge is 0.494 e. The van der Waals surface area contributed by atoms with Gasteiger partial charge in [-0.3, -0.25) is 0 Å². The number of nitrogens with zero attached hydrogens (tertiary/aromatic N) is 1. The molecule has 3 N–H and O–H groups in total. The maximum atomic E-state index is 5.89. The fourth-order valence-electron chi connectivity index (χ4n) is 2.12. The van der Waals surface area contributed by atoms with Crippen molar-refractivity contribution < 1.29 is 9.26 Å². The van der Waals surface area contributed by atoms with E-state index in [0.717, 1.165) is 27.9 Å². The van der Waals surface area contributed by atoms with Gasteiger partial charge in [0.2, 0.25) is 0 Å². The lowest BCUT2D eigenvalue weighted by molar-refractivity contribution is 0.398. The number of aromatic nitrogens is 2. The van der Waals surface area contributed by atoms with E-state index in [4.69, 9.17) is 15.0 Å². The fraction of sp³-hybridized carbons (Fsp3) is 0.154. The van der Waals surface area contributed by atoms with Crippen LogP contribution in [0.3, 0.4) is 0 Å². The zero-order chi connectivity index (χ0) is 12.7. The second-order valence-corrected chi connectivity index (χ2v) is 4.13. The Morgan fingerprint density at radius 3 is 2.89 bits per heavy atom. The summed E-state index contributed by atoms with van der Waals surface area (Å²) >= 11 is 0. The number of methoxy groups -OCH3 is 1. The quantitative estimate of drug-likeness (QED) is 0.678. The number of ether oxygens (including phenoxy) is 1. The Kier molecular flexibility index (Phi) is 2.26. The number of nitrogen functional groups attached to an aromatic ring is 1. The van der Waals surface area contributed by atoms with Crippen molar-refractivity contribution >= 4 is 16.6 Å². The van der Waals surface area contributed by atoms with Crippen LogP contribution in [-0.2, 0) is 0 Å². The van der Waals surface area contributed by atoms with Crippen molar-refractivity contribution in [2.24, 2.45) is 0 Å². The molecule has 92 valence electrons. The molecule has 0 spiro atoms. The molecule has 0 aliphatic heterocycles. The Morgan fingerprint density at radius 1 is 1.39 bits per heavy atom. The van der Waals surface area contributed by atoms with Gasteiger partial charge in [0, 0.05) is 10.9 Å². The molecule has 18 heavy (non-hydrogen) atoms. The van der Waals surface area contributed by atoms with Crippen LogP contribution >= 0.6 is 0 Å². The lowest BCUT2D eigenvalue weighted by atomic mass is 10.1. The third-order valence-electron chi connectivity index (χ3n) is 3.03. The van der Waals surface area contributed by atoms with E-state index in [2.05, 4.69) is 10.1 Å². The Balaban J connectivity index is 2.26. The summed E-state index contributed by atoms with van der Waals surface area (Å²) in [6.45, 7) is 1.87. The molecule has 0 aliphatic rings. The SMILES string of the molecule is COc1c(N)ccc2[nH]c(-c3cnoc3C)cc12. The lowest BCUT2D eigenvalue weighted by Gasteiger charge is -2.04. The topological polar surface area (TPSA) is 77.1 Å². The summed E-state index contributed by atoms with van der Waals surface area (Å²) in [6, 6.07) is 5.74. The molecule has 0 amide bonds. The maximum Gasteiger partial charge on any atom is 0.151 e. The predicted octanol–water partition coefficient (Wildman–Crippen LogP) is 2.72. The summed E-state index contributed by atoms with van der Waals surface area (Å²) in [5.41, 5.74) is 9.35. The molecule has 0 radical (unpaired) electrons. The zero-order valence-corrected chi connectivity index (χ0v) is 10.2. The van der Waals surface area contributed by atoms with Gasteiger partial charge in [-0.2, -0.15) is 0 Å². The second kappa shape index (κ2) is 3.80. The highest BCUT2D eigenvalue weighted by atomic mass is 16.5. The van der Waals surface area contributed by atoms with Gasteiger partial charge in [-0.05, 0) is 25.1 Å². The molecule has 0 aliphatic carbocycles.